The first-order valence-corrected chi connectivity index (χ1v) is 17.0. The zero-order chi connectivity index (χ0) is 32.4. The van der Waals surface area contributed by atoms with E-state index in [4.69, 9.17) is 9.15 Å². The third-order valence-corrected chi connectivity index (χ3v) is 11.0. The molecule has 2 aliphatic rings. The Bertz CT molecular complexity index is 2880. The van der Waals surface area contributed by atoms with Gasteiger partial charge in [-0.15, -0.1) is 0 Å². The number of para-hydroxylation sites is 1. The summed E-state index contributed by atoms with van der Waals surface area (Å²) in [4.78, 5) is 0. The van der Waals surface area contributed by atoms with Crippen LogP contribution in [0.3, 0.4) is 0 Å². The molecule has 0 amide bonds. The molecule has 49 heavy (non-hydrogen) atoms. The number of rotatable bonds is 2. The van der Waals surface area contributed by atoms with Crippen molar-refractivity contribution in [1.29, 1.82) is 0 Å². The van der Waals surface area contributed by atoms with E-state index in [1.54, 1.807) is 0 Å². The number of benzene rings is 8. The summed E-state index contributed by atoms with van der Waals surface area (Å²) in [6.07, 6.45) is 0. The maximum atomic E-state index is 6.40. The van der Waals surface area contributed by atoms with Crippen molar-refractivity contribution in [2.24, 2.45) is 0 Å². The first-order chi connectivity index (χ1) is 24.0. The highest BCUT2D eigenvalue weighted by Crippen LogP contribution is 2.54. The predicted molar refractivity (Wildman–Crippen MR) is 203 cm³/mol. The van der Waals surface area contributed by atoms with Gasteiger partial charge >= 0.3 is 0 Å². The van der Waals surface area contributed by atoms with E-state index in [2.05, 4.69) is 147 Å². The van der Waals surface area contributed by atoms with Gasteiger partial charge in [0.05, 0.1) is 0 Å². The van der Waals surface area contributed by atoms with Crippen LogP contribution in [0, 0.1) is 0 Å². The molecular weight excluding hydrogens is 597 g/mol. The summed E-state index contributed by atoms with van der Waals surface area (Å²) >= 11 is 0. The zero-order valence-corrected chi connectivity index (χ0v) is 27.2. The molecule has 8 aromatic carbocycles. The van der Waals surface area contributed by atoms with Gasteiger partial charge in [0.15, 0.2) is 0 Å². The highest BCUT2D eigenvalue weighted by molar-refractivity contribution is 6.09. The van der Waals surface area contributed by atoms with E-state index in [9.17, 15) is 0 Å². The average molecular weight is 627 g/mol. The van der Waals surface area contributed by atoms with Crippen molar-refractivity contribution < 1.29 is 9.15 Å². The molecule has 0 saturated heterocycles. The molecule has 0 saturated carbocycles. The molecule has 9 aromatic rings. The van der Waals surface area contributed by atoms with E-state index in [1.807, 2.05) is 12.1 Å². The lowest BCUT2D eigenvalue weighted by Crippen LogP contribution is -2.15. The molecular formula is C47H30O2. The second-order valence-corrected chi connectivity index (χ2v) is 14.1. The molecule has 0 atom stereocenters. The standard InChI is InChI=1S/C47H30O2/c1-47(2)40-25-29(28-18-23-42-39(24-28)36-12-5-8-27-9-6-15-43(48-42)45(27)36)16-19-33(40)38-22-21-32-31(11-7-13-37(32)46(38)47)30-17-20-35-34-10-3-4-14-41(34)49-44(35)26-30/h3-26H,1-2H3. The topological polar surface area (TPSA) is 22.4 Å². The van der Waals surface area contributed by atoms with E-state index in [1.165, 1.54) is 71.6 Å². The molecule has 11 rings (SSSR count). The first kappa shape index (κ1) is 26.9. The smallest absolute Gasteiger partial charge is 0.136 e. The molecule has 1 aliphatic carbocycles. The van der Waals surface area contributed by atoms with Gasteiger partial charge in [-0.3, -0.25) is 0 Å². The molecule has 2 nitrogen and oxygen atoms in total. The van der Waals surface area contributed by atoms with Gasteiger partial charge in [0.1, 0.15) is 22.7 Å². The van der Waals surface area contributed by atoms with Gasteiger partial charge in [-0.05, 0) is 109 Å². The largest absolute Gasteiger partial charge is 0.456 e. The summed E-state index contributed by atoms with van der Waals surface area (Å²) in [6.45, 7) is 4.76. The van der Waals surface area contributed by atoms with Crippen molar-refractivity contribution in [3.8, 4) is 56.0 Å². The molecule has 230 valence electrons. The second-order valence-electron chi connectivity index (χ2n) is 14.1. The van der Waals surface area contributed by atoms with Crippen LogP contribution >= 0.6 is 0 Å². The van der Waals surface area contributed by atoms with E-state index < -0.39 is 0 Å². The van der Waals surface area contributed by atoms with Gasteiger partial charge in [0.25, 0.3) is 0 Å². The fourth-order valence-electron chi connectivity index (χ4n) is 8.75. The summed E-state index contributed by atoms with van der Waals surface area (Å²) in [5.41, 5.74) is 14.3. The minimum absolute atomic E-state index is 0.177. The Morgan fingerprint density at radius 2 is 1.14 bits per heavy atom. The van der Waals surface area contributed by atoms with E-state index >= 15 is 0 Å². The minimum Gasteiger partial charge on any atom is -0.456 e. The van der Waals surface area contributed by atoms with Gasteiger partial charge < -0.3 is 9.15 Å². The van der Waals surface area contributed by atoms with Crippen molar-refractivity contribution in [3.63, 3.8) is 0 Å². The quantitative estimate of drug-likeness (QED) is 0.190. The van der Waals surface area contributed by atoms with Crippen molar-refractivity contribution in [2.45, 2.75) is 19.3 Å². The third kappa shape index (κ3) is 3.66. The summed E-state index contributed by atoms with van der Waals surface area (Å²) in [7, 11) is 0. The van der Waals surface area contributed by atoms with Crippen LogP contribution < -0.4 is 4.74 Å². The first-order valence-electron chi connectivity index (χ1n) is 17.0. The van der Waals surface area contributed by atoms with Crippen molar-refractivity contribution >= 4 is 43.5 Å². The van der Waals surface area contributed by atoms with Crippen molar-refractivity contribution in [3.05, 3.63) is 157 Å². The van der Waals surface area contributed by atoms with Crippen LogP contribution in [0.5, 0.6) is 11.5 Å². The fourth-order valence-corrected chi connectivity index (χ4v) is 8.75. The highest BCUT2D eigenvalue weighted by Gasteiger charge is 2.37. The Morgan fingerprint density at radius 1 is 0.429 bits per heavy atom. The second kappa shape index (κ2) is 9.49. The third-order valence-electron chi connectivity index (χ3n) is 11.0. The van der Waals surface area contributed by atoms with Crippen molar-refractivity contribution in [1.82, 2.24) is 0 Å². The Morgan fingerprint density at radius 3 is 2.08 bits per heavy atom. The molecule has 0 fully saturated rings. The Labute approximate surface area is 283 Å². The summed E-state index contributed by atoms with van der Waals surface area (Å²) in [5, 5.41) is 7.27. The van der Waals surface area contributed by atoms with Crippen LogP contribution in [0.2, 0.25) is 0 Å². The average Bonchev–Trinajstić information content (AvgIpc) is 3.62. The molecule has 0 spiro atoms. The number of hydrogen-bond donors (Lipinski definition) is 0. The van der Waals surface area contributed by atoms with Crippen LogP contribution in [0.25, 0.3) is 88.0 Å². The Hall–Kier alpha value is -6.12. The monoisotopic (exact) mass is 626 g/mol. The SMILES string of the molecule is CC1(C)c2cc(-c3ccc4c(c3)-c3cccc5cccc(c35)O4)ccc2-c2ccc3c(-c4ccc5c(c4)oc4ccccc45)cccc3c21. The molecule has 2 heteroatoms. The molecule has 0 bridgehead atoms. The molecule has 1 aliphatic heterocycles. The minimum atomic E-state index is -0.177. The van der Waals surface area contributed by atoms with E-state index in [0.29, 0.717) is 0 Å². The number of ether oxygens (including phenoxy) is 1. The van der Waals surface area contributed by atoms with Crippen LogP contribution in [0.15, 0.2) is 150 Å². The molecule has 0 unspecified atom stereocenters. The summed E-state index contributed by atoms with van der Waals surface area (Å²) in [6, 6.07) is 52.8. The van der Waals surface area contributed by atoms with Gasteiger partial charge in [-0.1, -0.05) is 117 Å². The predicted octanol–water partition coefficient (Wildman–Crippen LogP) is 13.3. The highest BCUT2D eigenvalue weighted by atomic mass is 16.5. The summed E-state index contributed by atoms with van der Waals surface area (Å²) < 4.78 is 12.7. The van der Waals surface area contributed by atoms with Crippen LogP contribution in [-0.4, -0.2) is 0 Å². The lowest BCUT2D eigenvalue weighted by atomic mass is 9.79. The normalized spacial score (nSPS) is 13.8. The van der Waals surface area contributed by atoms with Crippen LogP contribution in [0.4, 0.5) is 0 Å². The van der Waals surface area contributed by atoms with Crippen molar-refractivity contribution in [2.75, 3.05) is 0 Å². The fraction of sp³-hybridized carbons (Fsp3) is 0.0638. The Balaban J connectivity index is 1.03. The lowest BCUT2D eigenvalue weighted by molar-refractivity contribution is 0.487. The lowest BCUT2D eigenvalue weighted by Gasteiger charge is -2.24. The van der Waals surface area contributed by atoms with Gasteiger partial charge in [-0.2, -0.15) is 0 Å². The van der Waals surface area contributed by atoms with Crippen LogP contribution in [-0.2, 0) is 5.41 Å². The van der Waals surface area contributed by atoms with Crippen LogP contribution in [0.1, 0.15) is 25.0 Å². The maximum Gasteiger partial charge on any atom is 0.136 e. The zero-order valence-electron chi connectivity index (χ0n) is 27.2. The molecule has 0 radical (unpaired) electrons. The Kier molecular flexibility index (Phi) is 5.21. The maximum absolute atomic E-state index is 6.40. The summed E-state index contributed by atoms with van der Waals surface area (Å²) in [5.74, 6) is 1.83. The van der Waals surface area contributed by atoms with E-state index in [0.717, 1.165) is 39.0 Å². The number of fused-ring (bicyclic) bond motifs is 10. The van der Waals surface area contributed by atoms with E-state index in [-0.39, 0.29) is 5.41 Å². The van der Waals surface area contributed by atoms with Gasteiger partial charge in [-0.25, -0.2) is 0 Å². The molecule has 1 aromatic heterocycles. The molecule has 2 heterocycles. The number of hydrogen-bond acceptors (Lipinski definition) is 2. The van der Waals surface area contributed by atoms with Gasteiger partial charge in [0, 0.05) is 27.1 Å². The van der Waals surface area contributed by atoms with Gasteiger partial charge in [0.2, 0.25) is 0 Å². The number of furan rings is 1. The molecule has 0 N–H and O–H groups in total.